The number of carbonyl (C=O) groups is 3. The monoisotopic (exact) mass is 480 g/mol. The Bertz CT molecular complexity index is 1020. The summed E-state index contributed by atoms with van der Waals surface area (Å²) in [6, 6.07) is 3.65. The smallest absolute Gasteiger partial charge is 0.228 e. The van der Waals surface area contributed by atoms with Crippen molar-refractivity contribution in [3.05, 3.63) is 36.0 Å². The van der Waals surface area contributed by atoms with Crippen molar-refractivity contribution in [2.75, 3.05) is 6.54 Å². The van der Waals surface area contributed by atoms with Gasteiger partial charge in [0.15, 0.2) is 5.76 Å². The number of nitrogens with two attached hydrogens (primary N) is 1. The first-order chi connectivity index (χ1) is 17.0. The van der Waals surface area contributed by atoms with Crippen LogP contribution in [-0.4, -0.2) is 34.1 Å². The van der Waals surface area contributed by atoms with Gasteiger partial charge in [-0.1, -0.05) is 51.4 Å². The summed E-state index contributed by atoms with van der Waals surface area (Å²) < 4.78 is 5.93. The molecular formula is C27H36N4O4. The van der Waals surface area contributed by atoms with Gasteiger partial charge in [-0.3, -0.25) is 19.4 Å². The molecule has 35 heavy (non-hydrogen) atoms. The van der Waals surface area contributed by atoms with E-state index >= 15 is 0 Å². The second kappa shape index (κ2) is 11.6. The number of aromatic nitrogens is 2. The molecule has 2 aliphatic rings. The van der Waals surface area contributed by atoms with Crippen LogP contribution in [-0.2, 0) is 16.0 Å². The van der Waals surface area contributed by atoms with Crippen molar-refractivity contribution >= 4 is 17.6 Å². The predicted molar refractivity (Wildman–Crippen MR) is 131 cm³/mol. The Morgan fingerprint density at radius 3 is 2.51 bits per heavy atom. The lowest BCUT2D eigenvalue weighted by atomic mass is 9.70. The summed E-state index contributed by atoms with van der Waals surface area (Å²) in [5, 5.41) is 2.72. The number of carbonyl (C=O) groups excluding carboxylic acids is 3. The highest BCUT2D eigenvalue weighted by atomic mass is 16.4. The van der Waals surface area contributed by atoms with Crippen molar-refractivity contribution in [1.82, 2.24) is 15.3 Å². The van der Waals surface area contributed by atoms with Crippen LogP contribution in [0.3, 0.4) is 0 Å². The molecule has 2 aliphatic carbocycles. The number of primary amides is 1. The molecule has 2 heterocycles. The number of hydrogen-bond acceptors (Lipinski definition) is 6. The minimum atomic E-state index is -0.601. The quantitative estimate of drug-likeness (QED) is 0.486. The molecule has 2 saturated carbocycles. The summed E-state index contributed by atoms with van der Waals surface area (Å²) in [6.45, 7) is -0.165. The minimum absolute atomic E-state index is 0.165. The summed E-state index contributed by atoms with van der Waals surface area (Å²) in [6.07, 6.45) is 15.0. The number of Topliss-reactive ketones (excluding diaryl/α,β-unsaturated/α-hetero) is 1. The molecule has 0 saturated heterocycles. The Balaban J connectivity index is 1.40. The Kier molecular flexibility index (Phi) is 8.31. The molecule has 2 fully saturated rings. The number of hydrogen-bond donors (Lipinski definition) is 2. The molecule has 3 N–H and O–H groups in total. The summed E-state index contributed by atoms with van der Waals surface area (Å²) in [5.41, 5.74) is 6.45. The van der Waals surface area contributed by atoms with Crippen LogP contribution in [0.4, 0.5) is 0 Å². The molecule has 0 aliphatic heterocycles. The summed E-state index contributed by atoms with van der Waals surface area (Å²) in [5.74, 6) is 0.199. The van der Waals surface area contributed by atoms with E-state index < -0.39 is 5.41 Å². The number of pyridine rings is 1. The lowest BCUT2D eigenvalue weighted by molar-refractivity contribution is -0.131. The Labute approximate surface area is 206 Å². The molecule has 0 bridgehead atoms. The van der Waals surface area contributed by atoms with Gasteiger partial charge >= 0.3 is 0 Å². The summed E-state index contributed by atoms with van der Waals surface area (Å²) in [7, 11) is 0. The lowest BCUT2D eigenvalue weighted by Gasteiger charge is -2.34. The third-order valence-electron chi connectivity index (χ3n) is 7.68. The molecule has 8 heteroatoms. The Morgan fingerprint density at radius 2 is 1.83 bits per heavy atom. The van der Waals surface area contributed by atoms with Crippen LogP contribution in [0.5, 0.6) is 0 Å². The van der Waals surface area contributed by atoms with E-state index in [-0.39, 0.29) is 36.3 Å². The first kappa shape index (κ1) is 25.1. The predicted octanol–water partition coefficient (Wildman–Crippen LogP) is 4.37. The van der Waals surface area contributed by atoms with Crippen LogP contribution in [0, 0.1) is 11.3 Å². The third-order valence-corrected chi connectivity index (χ3v) is 7.68. The van der Waals surface area contributed by atoms with Gasteiger partial charge in [-0.15, -0.1) is 0 Å². The molecule has 0 radical (unpaired) electrons. The number of rotatable bonds is 10. The van der Waals surface area contributed by atoms with Gasteiger partial charge in [0.2, 0.25) is 23.5 Å². The van der Waals surface area contributed by atoms with Crippen LogP contribution in [0.15, 0.2) is 28.9 Å². The van der Waals surface area contributed by atoms with Gasteiger partial charge in [-0.05, 0) is 43.7 Å². The molecule has 2 aromatic rings. The van der Waals surface area contributed by atoms with Crippen molar-refractivity contribution in [1.29, 1.82) is 0 Å². The summed E-state index contributed by atoms with van der Waals surface area (Å²) in [4.78, 5) is 46.5. The van der Waals surface area contributed by atoms with Gasteiger partial charge < -0.3 is 15.5 Å². The highest BCUT2D eigenvalue weighted by Gasteiger charge is 2.37. The average molecular weight is 481 g/mol. The van der Waals surface area contributed by atoms with Crippen LogP contribution in [0.1, 0.15) is 93.3 Å². The largest absolute Gasteiger partial charge is 0.433 e. The van der Waals surface area contributed by atoms with Crippen LogP contribution in [0.2, 0.25) is 0 Å². The lowest BCUT2D eigenvalue weighted by Crippen LogP contribution is -2.40. The number of oxazole rings is 1. The molecular weight excluding hydrogens is 444 g/mol. The average Bonchev–Trinajstić information content (AvgIpc) is 3.31. The molecule has 0 atom stereocenters. The van der Waals surface area contributed by atoms with E-state index in [0.717, 1.165) is 44.9 Å². The normalized spacial score (nSPS) is 18.2. The minimum Gasteiger partial charge on any atom is -0.433 e. The van der Waals surface area contributed by atoms with Crippen molar-refractivity contribution in [3.8, 4) is 11.5 Å². The van der Waals surface area contributed by atoms with Gasteiger partial charge in [-0.25, -0.2) is 4.98 Å². The zero-order valence-electron chi connectivity index (χ0n) is 20.4. The fraction of sp³-hybridized carbons (Fsp3) is 0.593. The SMILES string of the molecule is NC(=O)C1(CCC(=O)NCC(=O)c2oc(-c3cccnc3)nc2CC2CCCCC2)CCCCC1. The maximum absolute atomic E-state index is 13.1. The van der Waals surface area contributed by atoms with E-state index in [2.05, 4.69) is 15.3 Å². The highest BCUT2D eigenvalue weighted by Crippen LogP contribution is 2.40. The van der Waals surface area contributed by atoms with Gasteiger partial charge in [0, 0.05) is 24.2 Å². The standard InChI is InChI=1S/C27H36N4O4/c28-26(34)27(12-5-2-6-13-27)14-11-23(33)30-18-22(32)24-21(16-19-8-3-1-4-9-19)31-25(35-24)20-10-7-15-29-17-20/h7,10,15,17,19H,1-6,8-9,11-14,16,18H2,(H2,28,34)(H,30,33). The first-order valence-electron chi connectivity index (χ1n) is 13.0. The second-order valence-electron chi connectivity index (χ2n) is 10.1. The number of ketones is 1. The number of amides is 2. The fourth-order valence-electron chi connectivity index (χ4n) is 5.53. The molecule has 0 unspecified atom stereocenters. The molecule has 4 rings (SSSR count). The van der Waals surface area contributed by atoms with E-state index in [1.54, 1.807) is 18.5 Å². The van der Waals surface area contributed by atoms with Crippen molar-refractivity contribution in [2.45, 2.75) is 83.5 Å². The summed E-state index contributed by atoms with van der Waals surface area (Å²) >= 11 is 0. The Morgan fingerprint density at radius 1 is 1.09 bits per heavy atom. The molecule has 2 aromatic heterocycles. The number of nitrogens with zero attached hydrogens (tertiary/aromatic N) is 2. The van der Waals surface area contributed by atoms with Gasteiger partial charge in [0.05, 0.1) is 17.8 Å². The van der Waals surface area contributed by atoms with Crippen LogP contribution >= 0.6 is 0 Å². The van der Waals surface area contributed by atoms with Crippen molar-refractivity contribution in [3.63, 3.8) is 0 Å². The van der Waals surface area contributed by atoms with Gasteiger partial charge in [0.25, 0.3) is 0 Å². The van der Waals surface area contributed by atoms with Crippen LogP contribution in [0.25, 0.3) is 11.5 Å². The van der Waals surface area contributed by atoms with E-state index in [1.165, 1.54) is 19.3 Å². The molecule has 2 amide bonds. The van der Waals surface area contributed by atoms with Crippen LogP contribution < -0.4 is 11.1 Å². The van der Waals surface area contributed by atoms with E-state index in [9.17, 15) is 14.4 Å². The maximum atomic E-state index is 13.1. The zero-order valence-corrected chi connectivity index (χ0v) is 20.4. The number of nitrogens with one attached hydrogen (secondary N) is 1. The van der Waals surface area contributed by atoms with E-state index in [4.69, 9.17) is 10.2 Å². The molecule has 188 valence electrons. The highest BCUT2D eigenvalue weighted by molar-refractivity contribution is 5.98. The third kappa shape index (κ3) is 6.35. The molecule has 0 spiro atoms. The Hall–Kier alpha value is -3.03. The van der Waals surface area contributed by atoms with E-state index in [0.29, 0.717) is 35.9 Å². The zero-order chi connectivity index (χ0) is 24.7. The van der Waals surface area contributed by atoms with Gasteiger partial charge in [0.1, 0.15) is 0 Å². The fourth-order valence-corrected chi connectivity index (χ4v) is 5.53. The molecule has 0 aromatic carbocycles. The first-order valence-corrected chi connectivity index (χ1v) is 13.0. The second-order valence-corrected chi connectivity index (χ2v) is 10.1. The van der Waals surface area contributed by atoms with E-state index in [1.807, 2.05) is 6.07 Å². The molecule has 8 nitrogen and oxygen atoms in total. The maximum Gasteiger partial charge on any atom is 0.228 e. The van der Waals surface area contributed by atoms with Crippen molar-refractivity contribution in [2.24, 2.45) is 17.1 Å². The van der Waals surface area contributed by atoms with Crippen molar-refractivity contribution < 1.29 is 18.8 Å². The van der Waals surface area contributed by atoms with Gasteiger partial charge in [-0.2, -0.15) is 0 Å². The topological polar surface area (TPSA) is 128 Å².